The molecule has 0 heteroatoms. The number of hydrogen-bond donors (Lipinski definition) is 0. The van der Waals surface area contributed by atoms with E-state index < -0.39 is 0 Å². The van der Waals surface area contributed by atoms with E-state index in [1.54, 1.807) is 0 Å². The van der Waals surface area contributed by atoms with Gasteiger partial charge in [-0.3, -0.25) is 0 Å². The fourth-order valence-electron chi connectivity index (χ4n) is 13.9. The lowest BCUT2D eigenvalue weighted by Crippen LogP contribution is -1.95. The van der Waals surface area contributed by atoms with Crippen LogP contribution >= 0.6 is 0 Å². The van der Waals surface area contributed by atoms with Gasteiger partial charge >= 0.3 is 0 Å². The van der Waals surface area contributed by atoms with E-state index in [1.165, 1.54) is 121 Å². The van der Waals surface area contributed by atoms with Crippen molar-refractivity contribution in [2.75, 3.05) is 0 Å². The van der Waals surface area contributed by atoms with Crippen LogP contribution in [0.1, 0.15) is 66.8 Å². The molecule has 450 valence electrons. The van der Waals surface area contributed by atoms with E-state index in [4.69, 9.17) is 0 Å². The van der Waals surface area contributed by atoms with E-state index in [0.29, 0.717) is 0 Å². The molecule has 0 unspecified atom stereocenters. The molecule has 0 bridgehead atoms. The van der Waals surface area contributed by atoms with Crippen molar-refractivity contribution < 1.29 is 0 Å². The van der Waals surface area contributed by atoms with Crippen molar-refractivity contribution in [3.63, 3.8) is 0 Å². The van der Waals surface area contributed by atoms with E-state index in [0.717, 1.165) is 44.5 Å². The predicted molar refractivity (Wildman–Crippen MR) is 411 cm³/mol. The highest BCUT2D eigenvalue weighted by Crippen LogP contribution is 2.49. The average molecular weight is 1220 g/mol. The lowest BCUT2D eigenvalue weighted by Gasteiger charge is -2.22. The summed E-state index contributed by atoms with van der Waals surface area (Å²) in [4.78, 5) is 0. The molecule has 96 heavy (non-hydrogen) atoms. The molecule has 0 saturated heterocycles. The summed E-state index contributed by atoms with van der Waals surface area (Å²) in [6.07, 6.45) is 9.30. The van der Waals surface area contributed by atoms with Crippen molar-refractivity contribution in [2.24, 2.45) is 0 Å². The van der Waals surface area contributed by atoms with Crippen molar-refractivity contribution >= 4 is 78.9 Å². The molecule has 0 radical (unpaired) electrons. The Labute approximate surface area is 562 Å². The highest BCUT2D eigenvalue weighted by atomic mass is 14.3. The van der Waals surface area contributed by atoms with Gasteiger partial charge in [-0.15, -0.1) is 0 Å². The topological polar surface area (TPSA) is 0 Å². The van der Waals surface area contributed by atoms with Gasteiger partial charge in [-0.05, 0) is 202 Å². The highest BCUT2D eigenvalue weighted by Gasteiger charge is 2.22. The fourth-order valence-corrected chi connectivity index (χ4v) is 13.9. The quantitative estimate of drug-likeness (QED) is 0.0668. The molecule has 0 saturated carbocycles. The third kappa shape index (κ3) is 12.0. The molecule has 16 rings (SSSR count). The van der Waals surface area contributed by atoms with Gasteiger partial charge in [-0.25, -0.2) is 0 Å². The highest BCUT2D eigenvalue weighted by molar-refractivity contribution is 6.32. The zero-order chi connectivity index (χ0) is 64.0. The molecule has 0 heterocycles. The maximum Gasteiger partial charge on any atom is -0.00139 e. The van der Waals surface area contributed by atoms with E-state index in [9.17, 15) is 0 Å². The first-order valence-corrected chi connectivity index (χ1v) is 33.1. The Morgan fingerprint density at radius 1 is 0.156 bits per heavy atom. The van der Waals surface area contributed by atoms with Crippen LogP contribution < -0.4 is 0 Å². The molecule has 16 aromatic carbocycles. The summed E-state index contributed by atoms with van der Waals surface area (Å²) in [6, 6.07) is 137. The summed E-state index contributed by atoms with van der Waals surface area (Å²) in [5, 5.41) is 7.37. The summed E-state index contributed by atoms with van der Waals surface area (Å²) in [7, 11) is 0. The minimum absolute atomic E-state index is 1.14. The van der Waals surface area contributed by atoms with Crippen LogP contribution in [0.15, 0.2) is 376 Å². The number of benzene rings is 16. The van der Waals surface area contributed by atoms with Gasteiger partial charge < -0.3 is 0 Å². The fraction of sp³-hybridized carbons (Fsp3) is 0. The molecule has 16 aromatic rings. The molecule has 0 aromatic heterocycles. The van der Waals surface area contributed by atoms with Crippen molar-refractivity contribution in [3.05, 3.63) is 443 Å². The molecule has 0 spiro atoms. The van der Waals surface area contributed by atoms with Crippen molar-refractivity contribution in [1.82, 2.24) is 0 Å². The van der Waals surface area contributed by atoms with Crippen LogP contribution in [0.25, 0.3) is 123 Å². The normalized spacial score (nSPS) is 11.1. The first-order valence-electron chi connectivity index (χ1n) is 33.1. The van der Waals surface area contributed by atoms with Gasteiger partial charge in [0.1, 0.15) is 0 Å². The molecule has 0 N–H and O–H groups in total. The Kier molecular flexibility index (Phi) is 16.2. The zero-order valence-corrected chi connectivity index (χ0v) is 53.1. The maximum absolute atomic E-state index is 2.45. The van der Waals surface area contributed by atoms with Crippen LogP contribution in [0, 0.1) is 0 Å². The van der Waals surface area contributed by atoms with Gasteiger partial charge in [-0.2, -0.15) is 0 Å². The van der Waals surface area contributed by atoms with Crippen LogP contribution in [0.2, 0.25) is 0 Å². The third-order valence-electron chi connectivity index (χ3n) is 18.7. The van der Waals surface area contributed by atoms with Crippen molar-refractivity contribution in [1.29, 1.82) is 0 Å². The van der Waals surface area contributed by atoms with E-state index in [-0.39, 0.29) is 0 Å². The molecule has 0 aliphatic rings. The summed E-state index contributed by atoms with van der Waals surface area (Å²) >= 11 is 0. The first-order chi connectivity index (χ1) is 47.6. The van der Waals surface area contributed by atoms with Gasteiger partial charge in [0.15, 0.2) is 0 Å². The second kappa shape index (κ2) is 26.6. The van der Waals surface area contributed by atoms with Crippen LogP contribution in [-0.4, -0.2) is 0 Å². The van der Waals surface area contributed by atoms with Gasteiger partial charge in [0.05, 0.1) is 0 Å². The second-order valence-corrected chi connectivity index (χ2v) is 24.7. The van der Waals surface area contributed by atoms with Crippen LogP contribution in [-0.2, 0) is 0 Å². The molecule has 0 aliphatic heterocycles. The minimum Gasteiger partial charge on any atom is -0.0622 e. The standard InChI is InChI=1S/C96H66/c1-9-25-71(26-10-1)87(72-27-11-2-12-28-72)61-67-41-49-79(50-42-67)91-65-92(80-51-43-68(44-52-80)62-88(73-29-13-3-14-30-73)74-31-15-4-16-32-74)84-59-60-86-94(82-55-47-70(48-56-82)64-90(77-37-21-7-22-38-77)78-39-23-8-24-40-78)66-93(85-58-57-83(91)95(84)96(85)86)81-53-45-69(46-54-81)63-89(75-33-17-5-18-34-75)76-35-19-6-20-36-76/h1-66H. The van der Waals surface area contributed by atoms with E-state index >= 15 is 0 Å². The Hall–Kier alpha value is -12.5. The summed E-state index contributed by atoms with van der Waals surface area (Å²) in [5.74, 6) is 0. The maximum atomic E-state index is 2.45. The van der Waals surface area contributed by atoms with Gasteiger partial charge in [0.2, 0.25) is 0 Å². The Morgan fingerprint density at radius 2 is 0.312 bits per heavy atom. The van der Waals surface area contributed by atoms with Gasteiger partial charge in [-0.1, -0.05) is 364 Å². The molecule has 0 fully saturated rings. The zero-order valence-electron chi connectivity index (χ0n) is 53.1. The van der Waals surface area contributed by atoms with Crippen LogP contribution in [0.3, 0.4) is 0 Å². The molecule has 0 aliphatic carbocycles. The number of hydrogen-bond acceptors (Lipinski definition) is 0. The average Bonchev–Trinajstić information content (AvgIpc) is 0.713. The van der Waals surface area contributed by atoms with Gasteiger partial charge in [0, 0.05) is 0 Å². The van der Waals surface area contributed by atoms with Crippen molar-refractivity contribution in [2.45, 2.75) is 0 Å². The molecule has 0 amide bonds. The second-order valence-electron chi connectivity index (χ2n) is 24.7. The molecule has 0 nitrogen and oxygen atoms in total. The largest absolute Gasteiger partial charge is 0.0622 e. The first kappa shape index (κ1) is 58.6. The predicted octanol–water partition coefficient (Wildman–Crippen LogP) is 25.6. The van der Waals surface area contributed by atoms with E-state index in [1.807, 2.05) is 0 Å². The minimum atomic E-state index is 1.14. The van der Waals surface area contributed by atoms with Crippen LogP contribution in [0.5, 0.6) is 0 Å². The molecular weight excluding hydrogens is 1150 g/mol. The third-order valence-corrected chi connectivity index (χ3v) is 18.7. The molecular formula is C96H66. The number of rotatable bonds is 16. The van der Waals surface area contributed by atoms with Gasteiger partial charge in [0.25, 0.3) is 0 Å². The summed E-state index contributed by atoms with van der Waals surface area (Å²) < 4.78 is 0. The Morgan fingerprint density at radius 3 is 0.469 bits per heavy atom. The lowest BCUT2D eigenvalue weighted by molar-refractivity contribution is 1.55. The van der Waals surface area contributed by atoms with Crippen LogP contribution in [0.4, 0.5) is 0 Å². The lowest BCUT2D eigenvalue weighted by atomic mass is 9.81. The summed E-state index contributed by atoms with van der Waals surface area (Å²) in [6.45, 7) is 0. The SMILES string of the molecule is C(=C(c1ccccc1)c1ccccc1)c1ccc(-c2cc(-c3ccc(C=C(c4ccccc4)c4ccccc4)cc3)c3ccc4c(-c5ccc(C=C(c6ccccc6)c6ccccc6)cc5)cc(-c5ccc(C=C(c6ccccc6)c6ccccc6)cc5)c5ccc2c3c54)cc1. The van der Waals surface area contributed by atoms with E-state index in [2.05, 4.69) is 400 Å². The summed E-state index contributed by atoms with van der Waals surface area (Å²) in [5.41, 5.74) is 28.1. The monoisotopic (exact) mass is 1220 g/mol. The van der Waals surface area contributed by atoms with Crippen molar-refractivity contribution in [3.8, 4) is 44.5 Å². The Bertz CT molecular complexity index is 4620. The smallest absolute Gasteiger partial charge is 0.00139 e. The Balaban J connectivity index is 0.898. The molecule has 0 atom stereocenters.